The van der Waals surface area contributed by atoms with Gasteiger partial charge in [-0.2, -0.15) is 4.98 Å². The number of ether oxygens (including phenoxy) is 1. The van der Waals surface area contributed by atoms with Crippen molar-refractivity contribution in [1.82, 2.24) is 10.1 Å². The van der Waals surface area contributed by atoms with Gasteiger partial charge in [0.05, 0.1) is 16.4 Å². The number of rotatable bonds is 7. The van der Waals surface area contributed by atoms with Crippen molar-refractivity contribution < 1.29 is 14.2 Å². The third-order valence-electron chi connectivity index (χ3n) is 2.67. The van der Waals surface area contributed by atoms with Crippen molar-refractivity contribution in [2.24, 2.45) is 5.73 Å². The Bertz CT molecular complexity index is 622. The molecular formula is C12H16N4O4S. The minimum atomic E-state index is -0.875. The van der Waals surface area contributed by atoms with E-state index in [-0.39, 0.29) is 17.5 Å². The van der Waals surface area contributed by atoms with E-state index in [1.807, 2.05) is 6.92 Å². The summed E-state index contributed by atoms with van der Waals surface area (Å²) in [5, 5.41) is 14.5. The van der Waals surface area contributed by atoms with Crippen LogP contribution in [0.5, 0.6) is 0 Å². The molecule has 2 heterocycles. The SMILES string of the molecule is CCCOCC(C)(N)c1noc(-c2ccc([N+](=O)[O-])s2)n1. The molecule has 1 atom stereocenters. The molecule has 0 aromatic carbocycles. The van der Waals surface area contributed by atoms with Gasteiger partial charge in [0.2, 0.25) is 0 Å². The predicted molar refractivity (Wildman–Crippen MR) is 76.9 cm³/mol. The second-order valence-corrected chi connectivity index (χ2v) is 5.85. The van der Waals surface area contributed by atoms with Crippen molar-refractivity contribution in [1.29, 1.82) is 0 Å². The lowest BCUT2D eigenvalue weighted by Gasteiger charge is -2.19. The minimum absolute atomic E-state index is 0.0199. The molecule has 0 amide bonds. The first kappa shape index (κ1) is 15.5. The quantitative estimate of drug-likeness (QED) is 0.473. The van der Waals surface area contributed by atoms with Crippen molar-refractivity contribution in [3.63, 3.8) is 0 Å². The number of thiophene rings is 1. The Labute approximate surface area is 125 Å². The van der Waals surface area contributed by atoms with Crippen LogP contribution < -0.4 is 5.73 Å². The molecule has 0 bridgehead atoms. The summed E-state index contributed by atoms with van der Waals surface area (Å²) in [6, 6.07) is 2.97. The Morgan fingerprint density at radius 3 is 2.95 bits per heavy atom. The summed E-state index contributed by atoms with van der Waals surface area (Å²) >= 11 is 0.972. The predicted octanol–water partition coefficient (Wildman–Crippen LogP) is 2.31. The van der Waals surface area contributed by atoms with Gasteiger partial charge < -0.3 is 15.0 Å². The van der Waals surface area contributed by atoms with E-state index in [2.05, 4.69) is 10.1 Å². The van der Waals surface area contributed by atoms with Gasteiger partial charge in [-0.15, -0.1) is 0 Å². The van der Waals surface area contributed by atoms with Crippen LogP contribution in [0.15, 0.2) is 16.7 Å². The Kier molecular flexibility index (Phi) is 4.66. The molecule has 0 aliphatic rings. The molecule has 1 unspecified atom stereocenters. The molecule has 0 aliphatic carbocycles. The lowest BCUT2D eigenvalue weighted by atomic mass is 10.1. The molecule has 0 saturated heterocycles. The van der Waals surface area contributed by atoms with E-state index in [9.17, 15) is 10.1 Å². The molecule has 21 heavy (non-hydrogen) atoms. The highest BCUT2D eigenvalue weighted by molar-refractivity contribution is 7.18. The smallest absolute Gasteiger partial charge is 0.324 e. The van der Waals surface area contributed by atoms with E-state index >= 15 is 0 Å². The molecule has 0 aliphatic heterocycles. The number of hydrogen-bond donors (Lipinski definition) is 1. The third kappa shape index (κ3) is 3.63. The van der Waals surface area contributed by atoms with E-state index in [0.29, 0.717) is 17.3 Å². The van der Waals surface area contributed by atoms with Gasteiger partial charge in [-0.3, -0.25) is 10.1 Å². The molecule has 0 radical (unpaired) electrons. The molecule has 2 rings (SSSR count). The van der Waals surface area contributed by atoms with Crippen LogP contribution in [-0.4, -0.2) is 28.3 Å². The Balaban J connectivity index is 2.14. The summed E-state index contributed by atoms with van der Waals surface area (Å²) in [7, 11) is 0. The average molecular weight is 312 g/mol. The lowest BCUT2D eigenvalue weighted by Crippen LogP contribution is -2.39. The molecule has 2 aromatic rings. The maximum atomic E-state index is 10.7. The Hall–Kier alpha value is -1.84. The third-order valence-corrected chi connectivity index (χ3v) is 3.69. The first-order chi connectivity index (χ1) is 9.94. The first-order valence-electron chi connectivity index (χ1n) is 6.39. The highest BCUT2D eigenvalue weighted by Gasteiger charge is 2.28. The van der Waals surface area contributed by atoms with E-state index < -0.39 is 10.5 Å². The largest absolute Gasteiger partial charge is 0.379 e. The fourth-order valence-electron chi connectivity index (χ4n) is 1.59. The van der Waals surface area contributed by atoms with Gasteiger partial charge in [-0.05, 0) is 19.4 Å². The van der Waals surface area contributed by atoms with Gasteiger partial charge in [-0.25, -0.2) is 0 Å². The van der Waals surface area contributed by atoms with Crippen LogP contribution >= 0.6 is 11.3 Å². The summed E-state index contributed by atoms with van der Waals surface area (Å²) in [6.07, 6.45) is 0.895. The van der Waals surface area contributed by atoms with Gasteiger partial charge in [0.15, 0.2) is 5.82 Å². The molecule has 9 heteroatoms. The van der Waals surface area contributed by atoms with Crippen molar-refractivity contribution >= 4 is 16.3 Å². The maximum absolute atomic E-state index is 10.7. The molecule has 2 N–H and O–H groups in total. The van der Waals surface area contributed by atoms with Crippen LogP contribution in [0.3, 0.4) is 0 Å². The lowest BCUT2D eigenvalue weighted by molar-refractivity contribution is -0.380. The fraction of sp³-hybridized carbons (Fsp3) is 0.500. The molecule has 8 nitrogen and oxygen atoms in total. The Morgan fingerprint density at radius 2 is 2.33 bits per heavy atom. The van der Waals surface area contributed by atoms with Gasteiger partial charge in [-0.1, -0.05) is 23.4 Å². The fourth-order valence-corrected chi connectivity index (χ4v) is 2.33. The summed E-state index contributed by atoms with van der Waals surface area (Å²) < 4.78 is 10.5. The standard InChI is InChI=1S/C12H16N4O4S/c1-3-6-19-7-12(2,13)11-14-10(20-15-11)8-4-5-9(21-8)16(17)18/h4-5H,3,6-7,13H2,1-2H3. The number of nitrogens with two attached hydrogens (primary N) is 1. The topological polar surface area (TPSA) is 117 Å². The highest BCUT2D eigenvalue weighted by atomic mass is 32.1. The molecule has 0 fully saturated rings. The average Bonchev–Trinajstić information content (AvgIpc) is 3.08. The van der Waals surface area contributed by atoms with Crippen LogP contribution in [0.4, 0.5) is 5.00 Å². The molecule has 114 valence electrons. The van der Waals surface area contributed by atoms with Gasteiger partial charge in [0.25, 0.3) is 5.89 Å². The van der Waals surface area contributed by atoms with E-state index in [0.717, 1.165) is 17.8 Å². The number of nitrogens with zero attached hydrogens (tertiary/aromatic N) is 3. The number of hydrogen-bond acceptors (Lipinski definition) is 8. The second kappa shape index (κ2) is 6.29. The van der Waals surface area contributed by atoms with Crippen molar-refractivity contribution in [2.75, 3.05) is 13.2 Å². The monoisotopic (exact) mass is 312 g/mol. The summed E-state index contributed by atoms with van der Waals surface area (Å²) in [6.45, 7) is 4.62. The van der Waals surface area contributed by atoms with Crippen molar-refractivity contribution in [3.8, 4) is 10.8 Å². The zero-order valence-corrected chi connectivity index (χ0v) is 12.6. The zero-order valence-electron chi connectivity index (χ0n) is 11.7. The number of nitro groups is 1. The van der Waals surface area contributed by atoms with Crippen LogP contribution in [-0.2, 0) is 10.3 Å². The van der Waals surface area contributed by atoms with Gasteiger partial charge in [0.1, 0.15) is 5.54 Å². The first-order valence-corrected chi connectivity index (χ1v) is 7.21. The van der Waals surface area contributed by atoms with Gasteiger partial charge >= 0.3 is 5.00 Å². The minimum Gasteiger partial charge on any atom is -0.379 e. The highest BCUT2D eigenvalue weighted by Crippen LogP contribution is 2.32. The van der Waals surface area contributed by atoms with E-state index in [1.165, 1.54) is 6.07 Å². The molecule has 0 spiro atoms. The maximum Gasteiger partial charge on any atom is 0.324 e. The van der Waals surface area contributed by atoms with Crippen LogP contribution in [0.1, 0.15) is 26.1 Å². The summed E-state index contributed by atoms with van der Waals surface area (Å²) in [4.78, 5) is 15.0. The van der Waals surface area contributed by atoms with E-state index in [4.69, 9.17) is 15.0 Å². The Morgan fingerprint density at radius 1 is 1.57 bits per heavy atom. The summed E-state index contributed by atoms with van der Waals surface area (Å²) in [5.74, 6) is 0.528. The molecule has 0 saturated carbocycles. The van der Waals surface area contributed by atoms with Crippen molar-refractivity contribution in [2.45, 2.75) is 25.8 Å². The normalized spacial score (nSPS) is 14.0. The second-order valence-electron chi connectivity index (χ2n) is 4.79. The number of aromatic nitrogens is 2. The van der Waals surface area contributed by atoms with Crippen LogP contribution in [0.25, 0.3) is 10.8 Å². The van der Waals surface area contributed by atoms with E-state index in [1.54, 1.807) is 13.0 Å². The van der Waals surface area contributed by atoms with Crippen LogP contribution in [0, 0.1) is 10.1 Å². The zero-order chi connectivity index (χ0) is 15.5. The molecule has 2 aromatic heterocycles. The van der Waals surface area contributed by atoms with Crippen LogP contribution in [0.2, 0.25) is 0 Å². The molecular weight excluding hydrogens is 296 g/mol. The van der Waals surface area contributed by atoms with Gasteiger partial charge in [0, 0.05) is 12.7 Å². The van der Waals surface area contributed by atoms with Crippen molar-refractivity contribution in [3.05, 3.63) is 28.1 Å². The summed E-state index contributed by atoms with van der Waals surface area (Å²) in [5.41, 5.74) is 5.23.